The van der Waals surface area contributed by atoms with Crippen molar-refractivity contribution in [3.63, 3.8) is 0 Å². The first-order chi connectivity index (χ1) is 10.9. The molecular formula is C20H26N2O. The van der Waals surface area contributed by atoms with E-state index in [1.165, 1.54) is 0 Å². The highest BCUT2D eigenvalue weighted by atomic mass is 16.2. The van der Waals surface area contributed by atoms with E-state index in [2.05, 4.69) is 38.2 Å². The van der Waals surface area contributed by atoms with E-state index >= 15 is 0 Å². The molecule has 0 bridgehead atoms. The normalized spacial score (nSPS) is 11.1. The summed E-state index contributed by atoms with van der Waals surface area (Å²) in [5.41, 5.74) is 2.31. The van der Waals surface area contributed by atoms with Gasteiger partial charge in [-0.2, -0.15) is 0 Å². The van der Waals surface area contributed by atoms with Gasteiger partial charge in [0.05, 0.1) is 0 Å². The molecule has 2 amide bonds. The maximum absolute atomic E-state index is 12.6. The van der Waals surface area contributed by atoms with Gasteiger partial charge < -0.3 is 10.2 Å². The molecule has 2 aromatic carbocycles. The van der Waals surface area contributed by atoms with Crippen LogP contribution in [0.25, 0.3) is 0 Å². The first-order valence-electron chi connectivity index (χ1n) is 8.05. The number of nitrogens with zero attached hydrogens (tertiary/aromatic N) is 1. The van der Waals surface area contributed by atoms with Gasteiger partial charge >= 0.3 is 6.03 Å². The van der Waals surface area contributed by atoms with E-state index in [0.29, 0.717) is 19.6 Å². The molecule has 0 saturated heterocycles. The van der Waals surface area contributed by atoms with Crippen molar-refractivity contribution >= 4 is 6.03 Å². The summed E-state index contributed by atoms with van der Waals surface area (Å²) in [5, 5.41) is 3.03. The van der Waals surface area contributed by atoms with Crippen molar-refractivity contribution in [1.82, 2.24) is 10.2 Å². The molecule has 0 heterocycles. The second kappa shape index (κ2) is 7.82. The van der Waals surface area contributed by atoms with Gasteiger partial charge in [-0.25, -0.2) is 4.79 Å². The van der Waals surface area contributed by atoms with Gasteiger partial charge in [-0.1, -0.05) is 81.4 Å². The molecule has 3 nitrogen and oxygen atoms in total. The number of carbonyl (C=O) groups is 1. The summed E-state index contributed by atoms with van der Waals surface area (Å²) >= 11 is 0. The Morgan fingerprint density at radius 3 is 1.96 bits per heavy atom. The van der Waals surface area contributed by atoms with Crippen molar-refractivity contribution in [1.29, 1.82) is 0 Å². The Morgan fingerprint density at radius 2 is 1.43 bits per heavy atom. The number of rotatable bonds is 5. The van der Waals surface area contributed by atoms with E-state index < -0.39 is 0 Å². The Bertz CT molecular complexity index is 603. The third-order valence-corrected chi connectivity index (χ3v) is 3.46. The molecule has 2 rings (SSSR count). The Morgan fingerprint density at radius 1 is 0.913 bits per heavy atom. The maximum Gasteiger partial charge on any atom is 0.317 e. The number of carbonyl (C=O) groups excluding carboxylic acids is 1. The van der Waals surface area contributed by atoms with Crippen LogP contribution in [0.1, 0.15) is 31.9 Å². The Kier molecular flexibility index (Phi) is 5.80. The zero-order valence-electron chi connectivity index (χ0n) is 14.3. The predicted octanol–water partition coefficient (Wildman–Crippen LogP) is 4.44. The van der Waals surface area contributed by atoms with Crippen molar-refractivity contribution in [3.05, 3.63) is 71.8 Å². The lowest BCUT2D eigenvalue weighted by atomic mass is 9.96. The maximum atomic E-state index is 12.6. The van der Waals surface area contributed by atoms with E-state index in [4.69, 9.17) is 0 Å². The van der Waals surface area contributed by atoms with Gasteiger partial charge in [0.25, 0.3) is 0 Å². The monoisotopic (exact) mass is 310 g/mol. The highest BCUT2D eigenvalue weighted by Crippen LogP contribution is 2.17. The number of hydrogen-bond donors (Lipinski definition) is 1. The minimum atomic E-state index is -0.0207. The second-order valence-electron chi connectivity index (χ2n) is 7.05. The van der Waals surface area contributed by atoms with Gasteiger partial charge in [-0.15, -0.1) is 0 Å². The van der Waals surface area contributed by atoms with E-state index in [0.717, 1.165) is 11.1 Å². The van der Waals surface area contributed by atoms with Crippen LogP contribution >= 0.6 is 0 Å². The molecule has 0 atom stereocenters. The van der Waals surface area contributed by atoms with Gasteiger partial charge in [0.2, 0.25) is 0 Å². The fourth-order valence-corrected chi connectivity index (χ4v) is 2.46. The van der Waals surface area contributed by atoms with Crippen LogP contribution in [0.3, 0.4) is 0 Å². The van der Waals surface area contributed by atoms with Crippen LogP contribution in [0.5, 0.6) is 0 Å². The molecule has 122 valence electrons. The number of benzene rings is 2. The van der Waals surface area contributed by atoms with E-state index in [9.17, 15) is 4.79 Å². The molecule has 0 saturated carbocycles. The number of amides is 2. The van der Waals surface area contributed by atoms with E-state index in [1.807, 2.05) is 53.4 Å². The lowest BCUT2D eigenvalue weighted by Gasteiger charge is -2.30. The Hall–Kier alpha value is -2.29. The van der Waals surface area contributed by atoms with Gasteiger partial charge in [0.15, 0.2) is 0 Å². The largest absolute Gasteiger partial charge is 0.334 e. The summed E-state index contributed by atoms with van der Waals surface area (Å²) in [6.45, 7) is 8.33. The zero-order chi connectivity index (χ0) is 16.7. The summed E-state index contributed by atoms with van der Waals surface area (Å²) in [6, 6.07) is 20.1. The topological polar surface area (TPSA) is 32.3 Å². The van der Waals surface area contributed by atoms with Crippen molar-refractivity contribution in [2.75, 3.05) is 6.54 Å². The predicted molar refractivity (Wildman–Crippen MR) is 95.0 cm³/mol. The van der Waals surface area contributed by atoms with Crippen molar-refractivity contribution < 1.29 is 4.79 Å². The summed E-state index contributed by atoms with van der Waals surface area (Å²) in [6.07, 6.45) is 0. The van der Waals surface area contributed by atoms with Crippen LogP contribution in [-0.4, -0.2) is 17.5 Å². The molecule has 0 spiro atoms. The minimum Gasteiger partial charge on any atom is -0.334 e. The fraction of sp³-hybridized carbons (Fsp3) is 0.350. The quantitative estimate of drug-likeness (QED) is 0.869. The lowest BCUT2D eigenvalue weighted by Crippen LogP contribution is -2.43. The Labute approximate surface area is 139 Å². The molecule has 0 fully saturated rings. The minimum absolute atomic E-state index is 0.0207. The smallest absolute Gasteiger partial charge is 0.317 e. The van der Waals surface area contributed by atoms with Crippen LogP contribution in [0.4, 0.5) is 4.79 Å². The zero-order valence-corrected chi connectivity index (χ0v) is 14.3. The summed E-state index contributed by atoms with van der Waals surface area (Å²) in [7, 11) is 0. The molecule has 0 aliphatic carbocycles. The third kappa shape index (κ3) is 6.15. The standard InChI is InChI=1S/C20H26N2O/c1-20(2,3)16-22(15-18-12-8-5-9-13-18)19(23)21-14-17-10-6-4-7-11-17/h4-13H,14-16H2,1-3H3,(H,21,23). The average Bonchev–Trinajstić information content (AvgIpc) is 2.53. The van der Waals surface area contributed by atoms with E-state index in [-0.39, 0.29) is 11.4 Å². The van der Waals surface area contributed by atoms with Crippen LogP contribution in [0, 0.1) is 5.41 Å². The third-order valence-electron chi connectivity index (χ3n) is 3.46. The van der Waals surface area contributed by atoms with Crippen LogP contribution in [0.15, 0.2) is 60.7 Å². The summed E-state index contributed by atoms with van der Waals surface area (Å²) in [5.74, 6) is 0. The molecule has 3 heteroatoms. The number of nitrogens with one attached hydrogen (secondary N) is 1. The van der Waals surface area contributed by atoms with Gasteiger partial charge in [-0.05, 0) is 16.5 Å². The summed E-state index contributed by atoms with van der Waals surface area (Å²) < 4.78 is 0. The second-order valence-corrected chi connectivity index (χ2v) is 7.05. The summed E-state index contributed by atoms with van der Waals surface area (Å²) in [4.78, 5) is 14.5. The van der Waals surface area contributed by atoms with Crippen molar-refractivity contribution in [2.45, 2.75) is 33.9 Å². The SMILES string of the molecule is CC(C)(C)CN(Cc1ccccc1)C(=O)NCc1ccccc1. The highest BCUT2D eigenvalue weighted by Gasteiger charge is 2.21. The average molecular weight is 310 g/mol. The van der Waals surface area contributed by atoms with Crippen molar-refractivity contribution in [3.8, 4) is 0 Å². The highest BCUT2D eigenvalue weighted by molar-refractivity contribution is 5.74. The molecule has 1 N–H and O–H groups in total. The van der Waals surface area contributed by atoms with Crippen molar-refractivity contribution in [2.24, 2.45) is 5.41 Å². The molecule has 0 radical (unpaired) electrons. The molecule has 23 heavy (non-hydrogen) atoms. The van der Waals surface area contributed by atoms with E-state index in [1.54, 1.807) is 0 Å². The molecule has 2 aromatic rings. The first kappa shape index (κ1) is 17.1. The molecule has 0 aliphatic rings. The van der Waals surface area contributed by atoms with Gasteiger partial charge in [-0.3, -0.25) is 0 Å². The number of hydrogen-bond acceptors (Lipinski definition) is 1. The molecule has 0 aliphatic heterocycles. The fourth-order valence-electron chi connectivity index (χ4n) is 2.46. The molecule has 0 unspecified atom stereocenters. The first-order valence-corrected chi connectivity index (χ1v) is 8.05. The number of urea groups is 1. The Balaban J connectivity index is 2.02. The van der Waals surface area contributed by atoms with Crippen LogP contribution < -0.4 is 5.32 Å². The lowest BCUT2D eigenvalue weighted by molar-refractivity contribution is 0.169. The molecule has 0 aromatic heterocycles. The van der Waals surface area contributed by atoms with Crippen LogP contribution in [-0.2, 0) is 13.1 Å². The molecular weight excluding hydrogens is 284 g/mol. The van der Waals surface area contributed by atoms with Gasteiger partial charge in [0, 0.05) is 19.6 Å². The van der Waals surface area contributed by atoms with Crippen LogP contribution in [0.2, 0.25) is 0 Å². The van der Waals surface area contributed by atoms with Gasteiger partial charge in [0.1, 0.15) is 0 Å².